The second-order valence-corrected chi connectivity index (χ2v) is 6.51. The number of hydrogen-bond acceptors (Lipinski definition) is 5. The molecule has 128 valence electrons. The highest BCUT2D eigenvalue weighted by Gasteiger charge is 2.32. The molecule has 7 heteroatoms. The first-order valence-electron chi connectivity index (χ1n) is 7.79. The van der Waals surface area contributed by atoms with Gasteiger partial charge in [0.25, 0.3) is 0 Å². The van der Waals surface area contributed by atoms with Gasteiger partial charge in [0, 0.05) is 29.8 Å². The summed E-state index contributed by atoms with van der Waals surface area (Å²) < 4.78 is 12.2. The maximum Gasteiger partial charge on any atom is 0.307 e. The van der Waals surface area contributed by atoms with E-state index in [4.69, 9.17) is 9.47 Å². The minimum absolute atomic E-state index is 0.0345. The number of aromatic nitrogens is 1. The molecule has 2 heterocycles. The highest BCUT2D eigenvalue weighted by atomic mass is 32.1. The van der Waals surface area contributed by atoms with Crippen molar-refractivity contribution in [3.05, 3.63) is 45.0 Å². The van der Waals surface area contributed by atoms with Crippen molar-refractivity contribution >= 4 is 17.2 Å². The van der Waals surface area contributed by atoms with Gasteiger partial charge in [0.05, 0.1) is 20.3 Å². The molecule has 1 aromatic heterocycles. The molecule has 24 heavy (non-hydrogen) atoms. The maximum atomic E-state index is 12.7. The maximum absolute atomic E-state index is 12.7. The zero-order chi connectivity index (χ0) is 17.1. The average Bonchev–Trinajstić information content (AvgIpc) is 3.23. The zero-order valence-electron chi connectivity index (χ0n) is 13.7. The standard InChI is InChI=1S/C17H20N2O4S/c1-22-12-5-6-13(15(10-12)23-2)14-4-3-7-19(14)16(20)11-18-8-9-24-17(18)21/h5-6,8-10,14H,3-4,7,11H2,1-2H3/t14-/m1/s1. The molecule has 0 N–H and O–H groups in total. The SMILES string of the molecule is COc1ccc([C@H]2CCCN2C(=O)Cn2ccsc2=O)c(OC)c1. The van der Waals surface area contributed by atoms with Gasteiger partial charge in [-0.25, -0.2) is 0 Å². The normalized spacial score (nSPS) is 17.1. The smallest absolute Gasteiger partial charge is 0.307 e. The molecule has 1 fully saturated rings. The number of carbonyl (C=O) groups is 1. The molecule has 1 amide bonds. The van der Waals surface area contributed by atoms with E-state index in [0.717, 1.165) is 35.5 Å². The fourth-order valence-electron chi connectivity index (χ4n) is 3.13. The summed E-state index contributed by atoms with van der Waals surface area (Å²) in [4.78, 5) is 26.1. The summed E-state index contributed by atoms with van der Waals surface area (Å²) in [6.07, 6.45) is 3.47. The molecule has 0 radical (unpaired) electrons. The molecule has 3 rings (SSSR count). The molecule has 2 aromatic rings. The van der Waals surface area contributed by atoms with E-state index >= 15 is 0 Å². The molecule has 1 saturated heterocycles. The molecular weight excluding hydrogens is 328 g/mol. The third-order valence-electron chi connectivity index (χ3n) is 4.32. The Bertz CT molecular complexity index is 783. The Morgan fingerprint density at radius 2 is 2.17 bits per heavy atom. The summed E-state index contributed by atoms with van der Waals surface area (Å²) in [5.41, 5.74) is 0.974. The summed E-state index contributed by atoms with van der Waals surface area (Å²) in [7, 11) is 3.22. The van der Waals surface area contributed by atoms with E-state index in [2.05, 4.69) is 0 Å². The Balaban J connectivity index is 1.84. The van der Waals surface area contributed by atoms with Crippen molar-refractivity contribution < 1.29 is 14.3 Å². The molecule has 0 unspecified atom stereocenters. The Labute approximate surface area is 144 Å². The molecule has 1 aliphatic heterocycles. The van der Waals surface area contributed by atoms with Gasteiger partial charge in [0.1, 0.15) is 18.0 Å². The van der Waals surface area contributed by atoms with Crippen LogP contribution in [0.3, 0.4) is 0 Å². The van der Waals surface area contributed by atoms with Crippen molar-refractivity contribution in [2.45, 2.75) is 25.4 Å². The van der Waals surface area contributed by atoms with Crippen LogP contribution in [-0.2, 0) is 11.3 Å². The topological polar surface area (TPSA) is 60.8 Å². The Kier molecular flexibility index (Phi) is 4.89. The molecule has 6 nitrogen and oxygen atoms in total. The van der Waals surface area contributed by atoms with Crippen LogP contribution in [0.25, 0.3) is 0 Å². The van der Waals surface area contributed by atoms with Crippen LogP contribution in [0.15, 0.2) is 34.6 Å². The number of ether oxygens (including phenoxy) is 2. The highest BCUT2D eigenvalue weighted by Crippen LogP contribution is 2.38. The van der Waals surface area contributed by atoms with Crippen molar-refractivity contribution in [3.63, 3.8) is 0 Å². The summed E-state index contributed by atoms with van der Waals surface area (Å²) in [5, 5.41) is 1.70. The number of methoxy groups -OCH3 is 2. The fraction of sp³-hybridized carbons (Fsp3) is 0.412. The third-order valence-corrected chi connectivity index (χ3v) is 5.02. The lowest BCUT2D eigenvalue weighted by atomic mass is 10.0. The lowest BCUT2D eigenvalue weighted by Crippen LogP contribution is -2.35. The van der Waals surface area contributed by atoms with Crippen LogP contribution < -0.4 is 14.3 Å². The van der Waals surface area contributed by atoms with Crippen LogP contribution in [0.2, 0.25) is 0 Å². The third kappa shape index (κ3) is 3.17. The van der Waals surface area contributed by atoms with Crippen molar-refractivity contribution in [2.24, 2.45) is 0 Å². The van der Waals surface area contributed by atoms with E-state index in [1.807, 2.05) is 23.1 Å². The molecular formula is C17H20N2O4S. The number of carbonyl (C=O) groups excluding carboxylic acids is 1. The van der Waals surface area contributed by atoms with Crippen LogP contribution >= 0.6 is 11.3 Å². The Morgan fingerprint density at radius 1 is 1.33 bits per heavy atom. The van der Waals surface area contributed by atoms with Gasteiger partial charge < -0.3 is 14.4 Å². The van der Waals surface area contributed by atoms with Gasteiger partial charge in [-0.15, -0.1) is 0 Å². The minimum atomic E-state index is -0.110. The van der Waals surface area contributed by atoms with E-state index in [1.54, 1.807) is 25.8 Å². The van der Waals surface area contributed by atoms with Gasteiger partial charge in [0.15, 0.2) is 0 Å². The van der Waals surface area contributed by atoms with E-state index in [0.29, 0.717) is 12.3 Å². The second kappa shape index (κ2) is 7.09. The molecule has 1 atom stereocenters. The second-order valence-electron chi connectivity index (χ2n) is 5.65. The number of nitrogens with zero attached hydrogens (tertiary/aromatic N) is 2. The van der Waals surface area contributed by atoms with Crippen LogP contribution in [0.1, 0.15) is 24.4 Å². The number of rotatable bonds is 5. The van der Waals surface area contributed by atoms with Crippen molar-refractivity contribution in [1.29, 1.82) is 0 Å². The molecule has 0 bridgehead atoms. The predicted octanol–water partition coefficient (Wildman–Crippen LogP) is 2.29. The van der Waals surface area contributed by atoms with Gasteiger partial charge in [-0.3, -0.25) is 14.2 Å². The molecule has 1 aliphatic rings. The van der Waals surface area contributed by atoms with Crippen LogP contribution in [0.5, 0.6) is 11.5 Å². The lowest BCUT2D eigenvalue weighted by Gasteiger charge is -2.26. The monoisotopic (exact) mass is 348 g/mol. The van der Waals surface area contributed by atoms with Crippen LogP contribution in [0, 0.1) is 0 Å². The molecule has 0 saturated carbocycles. The van der Waals surface area contributed by atoms with Gasteiger partial charge in [-0.2, -0.15) is 0 Å². The summed E-state index contributed by atoms with van der Waals surface area (Å²) in [5.74, 6) is 1.39. The van der Waals surface area contributed by atoms with Crippen LogP contribution in [-0.4, -0.2) is 36.1 Å². The molecule has 1 aromatic carbocycles. The summed E-state index contributed by atoms with van der Waals surface area (Å²) in [6, 6.07) is 5.62. The predicted molar refractivity (Wildman–Crippen MR) is 91.8 cm³/mol. The van der Waals surface area contributed by atoms with Crippen molar-refractivity contribution in [1.82, 2.24) is 9.47 Å². The first-order valence-corrected chi connectivity index (χ1v) is 8.67. The average molecular weight is 348 g/mol. The number of hydrogen-bond donors (Lipinski definition) is 0. The van der Waals surface area contributed by atoms with Crippen molar-refractivity contribution in [3.8, 4) is 11.5 Å². The van der Waals surface area contributed by atoms with Gasteiger partial charge >= 0.3 is 4.87 Å². The largest absolute Gasteiger partial charge is 0.497 e. The highest BCUT2D eigenvalue weighted by molar-refractivity contribution is 7.07. The van der Waals surface area contributed by atoms with E-state index in [-0.39, 0.29) is 23.4 Å². The summed E-state index contributed by atoms with van der Waals surface area (Å²) >= 11 is 1.10. The number of benzene rings is 1. The van der Waals surface area contributed by atoms with E-state index < -0.39 is 0 Å². The van der Waals surface area contributed by atoms with Gasteiger partial charge in [-0.1, -0.05) is 11.3 Å². The Hall–Kier alpha value is -2.28. The fourth-order valence-corrected chi connectivity index (χ4v) is 3.71. The summed E-state index contributed by atoms with van der Waals surface area (Å²) in [6.45, 7) is 0.773. The zero-order valence-corrected chi connectivity index (χ0v) is 14.5. The molecule has 0 aliphatic carbocycles. The van der Waals surface area contributed by atoms with Crippen molar-refractivity contribution in [2.75, 3.05) is 20.8 Å². The van der Waals surface area contributed by atoms with Crippen LogP contribution in [0.4, 0.5) is 0 Å². The van der Waals surface area contributed by atoms with E-state index in [1.165, 1.54) is 4.57 Å². The first kappa shape index (κ1) is 16.6. The first-order chi connectivity index (χ1) is 11.6. The van der Waals surface area contributed by atoms with E-state index in [9.17, 15) is 9.59 Å². The quantitative estimate of drug-likeness (QED) is 0.832. The van der Waals surface area contributed by atoms with Gasteiger partial charge in [-0.05, 0) is 25.0 Å². The lowest BCUT2D eigenvalue weighted by molar-refractivity contribution is -0.132. The minimum Gasteiger partial charge on any atom is -0.497 e. The number of thiazole rings is 1. The number of likely N-dealkylation sites (tertiary alicyclic amines) is 1. The number of amides is 1. The van der Waals surface area contributed by atoms with Gasteiger partial charge in [0.2, 0.25) is 5.91 Å². The molecule has 0 spiro atoms. The Morgan fingerprint density at radius 3 is 2.83 bits per heavy atom.